The maximum Gasteiger partial charge on any atom is 0.252 e. The largest absolute Gasteiger partial charge is 0.365 e. The molecular formula is C10H10N4OS. The first-order valence-corrected chi connectivity index (χ1v) is 5.57. The summed E-state index contributed by atoms with van der Waals surface area (Å²) in [7, 11) is 0. The van der Waals surface area contributed by atoms with Crippen LogP contribution in [0.1, 0.15) is 16.1 Å². The van der Waals surface area contributed by atoms with E-state index in [1.807, 2.05) is 5.38 Å². The molecule has 16 heavy (non-hydrogen) atoms. The predicted molar refractivity (Wildman–Crippen MR) is 62.2 cm³/mol. The number of carbonyl (C=O) groups excluding carboxylic acids is 1. The third-order valence-electron chi connectivity index (χ3n) is 1.99. The first-order chi connectivity index (χ1) is 7.77. The van der Waals surface area contributed by atoms with E-state index in [-0.39, 0.29) is 0 Å². The number of pyridine rings is 1. The van der Waals surface area contributed by atoms with E-state index in [0.29, 0.717) is 17.9 Å². The van der Waals surface area contributed by atoms with Gasteiger partial charge in [0.25, 0.3) is 5.91 Å². The number of primary amides is 1. The molecule has 3 N–H and O–H groups in total. The highest BCUT2D eigenvalue weighted by Crippen LogP contribution is 2.12. The zero-order valence-corrected chi connectivity index (χ0v) is 9.20. The Morgan fingerprint density at radius 3 is 3.06 bits per heavy atom. The highest BCUT2D eigenvalue weighted by Gasteiger charge is 2.08. The fourth-order valence-electron chi connectivity index (χ4n) is 1.24. The Morgan fingerprint density at radius 1 is 1.50 bits per heavy atom. The number of anilines is 1. The van der Waals surface area contributed by atoms with Crippen molar-refractivity contribution in [3.8, 4) is 0 Å². The topological polar surface area (TPSA) is 80.9 Å². The number of hydrogen-bond acceptors (Lipinski definition) is 5. The van der Waals surface area contributed by atoms with Gasteiger partial charge in [0, 0.05) is 11.6 Å². The molecule has 2 heterocycles. The molecule has 0 fully saturated rings. The van der Waals surface area contributed by atoms with E-state index in [1.54, 1.807) is 23.8 Å². The van der Waals surface area contributed by atoms with E-state index in [0.717, 1.165) is 5.69 Å². The molecule has 1 amide bonds. The van der Waals surface area contributed by atoms with Gasteiger partial charge >= 0.3 is 0 Å². The average molecular weight is 234 g/mol. The van der Waals surface area contributed by atoms with E-state index in [2.05, 4.69) is 15.3 Å². The molecule has 2 rings (SSSR count). The molecule has 2 aromatic rings. The van der Waals surface area contributed by atoms with E-state index in [9.17, 15) is 4.79 Å². The van der Waals surface area contributed by atoms with Gasteiger partial charge in [-0.25, -0.2) is 9.97 Å². The number of amides is 1. The summed E-state index contributed by atoms with van der Waals surface area (Å²) < 4.78 is 0. The zero-order valence-electron chi connectivity index (χ0n) is 8.38. The van der Waals surface area contributed by atoms with E-state index in [4.69, 9.17) is 5.73 Å². The second-order valence-electron chi connectivity index (χ2n) is 3.10. The number of nitrogens with zero attached hydrogens (tertiary/aromatic N) is 2. The minimum absolute atomic E-state index is 0.387. The Balaban J connectivity index is 2.12. The van der Waals surface area contributed by atoms with Gasteiger partial charge in [0.2, 0.25) is 0 Å². The van der Waals surface area contributed by atoms with Crippen LogP contribution in [0.3, 0.4) is 0 Å². The molecule has 0 atom stereocenters. The molecule has 0 bridgehead atoms. The summed E-state index contributed by atoms with van der Waals surface area (Å²) in [5.74, 6) is -0.00289. The lowest BCUT2D eigenvalue weighted by Gasteiger charge is -2.06. The summed E-state index contributed by atoms with van der Waals surface area (Å²) >= 11 is 1.52. The van der Waals surface area contributed by atoms with Crippen molar-refractivity contribution in [1.29, 1.82) is 0 Å². The van der Waals surface area contributed by atoms with Crippen molar-refractivity contribution in [1.82, 2.24) is 9.97 Å². The van der Waals surface area contributed by atoms with Crippen molar-refractivity contribution in [3.63, 3.8) is 0 Å². The van der Waals surface area contributed by atoms with Crippen LogP contribution in [-0.2, 0) is 6.54 Å². The Kier molecular flexibility index (Phi) is 3.11. The van der Waals surface area contributed by atoms with Crippen molar-refractivity contribution in [2.45, 2.75) is 6.54 Å². The Bertz CT molecular complexity index is 483. The first-order valence-electron chi connectivity index (χ1n) is 4.63. The number of aromatic nitrogens is 2. The van der Waals surface area contributed by atoms with Gasteiger partial charge < -0.3 is 11.1 Å². The van der Waals surface area contributed by atoms with Crippen LogP contribution in [0.25, 0.3) is 0 Å². The second kappa shape index (κ2) is 4.71. The SMILES string of the molecule is NC(=O)c1cccnc1NCc1cscn1. The van der Waals surface area contributed by atoms with Gasteiger partial charge in [-0.3, -0.25) is 4.79 Å². The summed E-state index contributed by atoms with van der Waals surface area (Å²) in [6.07, 6.45) is 1.61. The Morgan fingerprint density at radius 2 is 2.38 bits per heavy atom. The van der Waals surface area contributed by atoms with Crippen molar-refractivity contribution < 1.29 is 4.79 Å². The van der Waals surface area contributed by atoms with Crippen molar-refractivity contribution in [3.05, 3.63) is 40.5 Å². The number of thiazole rings is 1. The molecule has 2 aromatic heterocycles. The normalized spacial score (nSPS) is 10.0. The number of rotatable bonds is 4. The molecule has 0 aliphatic carbocycles. The van der Waals surface area contributed by atoms with Crippen LogP contribution in [0, 0.1) is 0 Å². The quantitative estimate of drug-likeness (QED) is 0.834. The molecule has 0 saturated carbocycles. The highest BCUT2D eigenvalue weighted by molar-refractivity contribution is 7.07. The van der Waals surface area contributed by atoms with E-state index in [1.165, 1.54) is 11.3 Å². The molecule has 0 spiro atoms. The standard InChI is InChI=1S/C10H10N4OS/c11-9(15)8-2-1-3-12-10(8)13-4-7-5-16-6-14-7/h1-3,5-6H,4H2,(H2,11,15)(H,12,13). The predicted octanol–water partition coefficient (Wildman–Crippen LogP) is 1.25. The van der Waals surface area contributed by atoms with Crippen LogP contribution in [0.5, 0.6) is 0 Å². The molecule has 0 aliphatic rings. The smallest absolute Gasteiger partial charge is 0.252 e. The third kappa shape index (κ3) is 2.34. The highest BCUT2D eigenvalue weighted by atomic mass is 32.1. The number of carbonyl (C=O) groups is 1. The van der Waals surface area contributed by atoms with Crippen LogP contribution < -0.4 is 11.1 Å². The third-order valence-corrected chi connectivity index (χ3v) is 2.63. The molecular weight excluding hydrogens is 224 g/mol. The maximum atomic E-state index is 11.1. The van der Waals surface area contributed by atoms with Gasteiger partial charge in [0.1, 0.15) is 5.82 Å². The van der Waals surface area contributed by atoms with E-state index >= 15 is 0 Å². The molecule has 82 valence electrons. The van der Waals surface area contributed by atoms with Crippen LogP contribution >= 0.6 is 11.3 Å². The van der Waals surface area contributed by atoms with Gasteiger partial charge in [-0.15, -0.1) is 11.3 Å². The van der Waals surface area contributed by atoms with Gasteiger partial charge in [0.05, 0.1) is 23.3 Å². The lowest BCUT2D eigenvalue weighted by molar-refractivity contribution is 0.100. The summed E-state index contributed by atoms with van der Waals surface area (Å²) in [6, 6.07) is 3.31. The fraction of sp³-hybridized carbons (Fsp3) is 0.100. The van der Waals surface area contributed by atoms with Gasteiger partial charge in [0.15, 0.2) is 0 Å². The summed E-state index contributed by atoms with van der Waals surface area (Å²) in [6.45, 7) is 0.529. The molecule has 0 aliphatic heterocycles. The second-order valence-corrected chi connectivity index (χ2v) is 3.82. The van der Waals surface area contributed by atoms with Crippen LogP contribution in [0.15, 0.2) is 29.2 Å². The van der Waals surface area contributed by atoms with Gasteiger partial charge in [-0.2, -0.15) is 0 Å². The molecule has 0 unspecified atom stereocenters. The first kappa shape index (κ1) is 10.6. The maximum absolute atomic E-state index is 11.1. The van der Waals surface area contributed by atoms with Gasteiger partial charge in [-0.05, 0) is 12.1 Å². The molecule has 0 saturated heterocycles. The zero-order chi connectivity index (χ0) is 11.4. The molecule has 0 aromatic carbocycles. The monoisotopic (exact) mass is 234 g/mol. The van der Waals surface area contributed by atoms with Crippen LogP contribution in [0.2, 0.25) is 0 Å². The summed E-state index contributed by atoms with van der Waals surface area (Å²) in [4.78, 5) is 19.3. The number of hydrogen-bond donors (Lipinski definition) is 2. The lowest BCUT2D eigenvalue weighted by Crippen LogP contribution is -2.15. The van der Waals surface area contributed by atoms with Crippen LogP contribution in [-0.4, -0.2) is 15.9 Å². The minimum Gasteiger partial charge on any atom is -0.365 e. The molecule has 6 heteroatoms. The fourth-order valence-corrected chi connectivity index (χ4v) is 1.80. The minimum atomic E-state index is -0.492. The van der Waals surface area contributed by atoms with Gasteiger partial charge in [-0.1, -0.05) is 0 Å². The van der Waals surface area contributed by atoms with Crippen molar-refractivity contribution >= 4 is 23.1 Å². The molecule has 5 nitrogen and oxygen atoms in total. The average Bonchev–Trinajstić information content (AvgIpc) is 2.79. The van der Waals surface area contributed by atoms with Crippen LogP contribution in [0.4, 0.5) is 5.82 Å². The van der Waals surface area contributed by atoms with Crippen molar-refractivity contribution in [2.75, 3.05) is 5.32 Å². The Labute approximate surface area is 96.3 Å². The summed E-state index contributed by atoms with van der Waals surface area (Å²) in [5.41, 5.74) is 8.28. The Hall–Kier alpha value is -1.95. The van der Waals surface area contributed by atoms with Crippen molar-refractivity contribution in [2.24, 2.45) is 5.73 Å². The van der Waals surface area contributed by atoms with E-state index < -0.39 is 5.91 Å². The molecule has 0 radical (unpaired) electrons. The number of nitrogens with two attached hydrogens (primary N) is 1. The summed E-state index contributed by atoms with van der Waals surface area (Å²) in [5, 5.41) is 4.96. The number of nitrogens with one attached hydrogen (secondary N) is 1. The lowest BCUT2D eigenvalue weighted by atomic mass is 10.2.